The number of amides is 1. The molecule has 0 aliphatic carbocycles. The molecule has 140 valence electrons. The molecule has 0 saturated carbocycles. The fourth-order valence-electron chi connectivity index (χ4n) is 2.33. The molecule has 0 radical (unpaired) electrons. The van der Waals surface area contributed by atoms with Gasteiger partial charge in [0, 0.05) is 19.7 Å². The molecule has 1 N–H and O–H groups in total. The lowest BCUT2D eigenvalue weighted by Gasteiger charge is -2.12. The summed E-state index contributed by atoms with van der Waals surface area (Å²) >= 11 is 0. The summed E-state index contributed by atoms with van der Waals surface area (Å²) < 4.78 is 30.7. The van der Waals surface area contributed by atoms with Crippen LogP contribution in [-0.2, 0) is 10.0 Å². The molecular weight excluding hydrogens is 352 g/mol. The molecule has 0 aromatic heterocycles. The Morgan fingerprint density at radius 2 is 1.73 bits per heavy atom. The summed E-state index contributed by atoms with van der Waals surface area (Å²) in [5, 5.41) is 2.82. The minimum absolute atomic E-state index is 0.137. The molecule has 2 aromatic rings. The van der Waals surface area contributed by atoms with Crippen molar-refractivity contribution in [3.63, 3.8) is 0 Å². The summed E-state index contributed by atoms with van der Waals surface area (Å²) in [7, 11) is -0.479. The number of carbonyl (C=O) groups is 1. The Labute approximate surface area is 154 Å². The second kappa shape index (κ2) is 8.33. The molecule has 0 unspecified atom stereocenters. The van der Waals surface area contributed by atoms with Crippen molar-refractivity contribution in [3.05, 3.63) is 59.2 Å². The Bertz CT molecular complexity index is 875. The molecule has 1 amide bonds. The molecule has 6 nitrogen and oxygen atoms in total. The van der Waals surface area contributed by atoms with Crippen LogP contribution < -0.4 is 10.1 Å². The van der Waals surface area contributed by atoms with Gasteiger partial charge in [0.2, 0.25) is 10.0 Å². The van der Waals surface area contributed by atoms with E-state index in [1.807, 2.05) is 32.0 Å². The van der Waals surface area contributed by atoms with Crippen LogP contribution in [0.25, 0.3) is 0 Å². The van der Waals surface area contributed by atoms with Crippen LogP contribution in [0.1, 0.15) is 21.5 Å². The predicted octanol–water partition coefficient (Wildman–Crippen LogP) is 2.36. The Balaban J connectivity index is 1.87. The normalized spacial score (nSPS) is 11.4. The first-order valence-corrected chi connectivity index (χ1v) is 9.66. The molecule has 0 aliphatic rings. The fourth-order valence-corrected chi connectivity index (χ4v) is 3.23. The first-order chi connectivity index (χ1) is 12.2. The van der Waals surface area contributed by atoms with Gasteiger partial charge >= 0.3 is 0 Å². The molecule has 2 rings (SSSR count). The van der Waals surface area contributed by atoms with Crippen molar-refractivity contribution in [2.24, 2.45) is 0 Å². The fraction of sp³-hybridized carbons (Fsp3) is 0.316. The van der Waals surface area contributed by atoms with Crippen LogP contribution in [0.2, 0.25) is 0 Å². The molecular formula is C19H24N2O4S. The third-order valence-corrected chi connectivity index (χ3v) is 5.73. The number of nitrogens with one attached hydrogen (secondary N) is 1. The van der Waals surface area contributed by atoms with E-state index in [1.54, 1.807) is 12.1 Å². The zero-order valence-electron chi connectivity index (χ0n) is 15.4. The van der Waals surface area contributed by atoms with E-state index in [0.717, 1.165) is 15.4 Å². The van der Waals surface area contributed by atoms with E-state index in [-0.39, 0.29) is 17.4 Å². The third-order valence-electron chi connectivity index (χ3n) is 3.90. The molecule has 0 bridgehead atoms. The second-order valence-electron chi connectivity index (χ2n) is 6.18. The standard InChI is InChI=1S/C19H24N2O4S/c1-14-5-6-15(2)18(13-14)19(22)20-11-12-25-16-7-9-17(10-8-16)26(23,24)21(3)4/h5-10,13H,11-12H2,1-4H3,(H,20,22). The van der Waals surface area contributed by atoms with Crippen LogP contribution in [0.15, 0.2) is 47.4 Å². The Morgan fingerprint density at radius 3 is 2.35 bits per heavy atom. The first kappa shape index (κ1) is 19.9. The van der Waals surface area contributed by atoms with Crippen molar-refractivity contribution in [2.75, 3.05) is 27.2 Å². The molecule has 0 heterocycles. The molecule has 0 spiro atoms. The average molecular weight is 376 g/mol. The third kappa shape index (κ3) is 4.83. The van der Waals surface area contributed by atoms with E-state index < -0.39 is 10.0 Å². The van der Waals surface area contributed by atoms with E-state index in [4.69, 9.17) is 4.74 Å². The van der Waals surface area contributed by atoms with Crippen molar-refractivity contribution in [3.8, 4) is 5.75 Å². The predicted molar refractivity (Wildman–Crippen MR) is 101 cm³/mol. The number of benzene rings is 2. The van der Waals surface area contributed by atoms with Crippen molar-refractivity contribution in [1.82, 2.24) is 9.62 Å². The van der Waals surface area contributed by atoms with E-state index >= 15 is 0 Å². The number of nitrogens with zero attached hydrogens (tertiary/aromatic N) is 1. The van der Waals surface area contributed by atoms with Gasteiger partial charge in [-0.15, -0.1) is 0 Å². The minimum Gasteiger partial charge on any atom is -0.492 e. The van der Waals surface area contributed by atoms with Crippen LogP contribution in [-0.4, -0.2) is 45.9 Å². The molecule has 0 fully saturated rings. The monoisotopic (exact) mass is 376 g/mol. The van der Waals surface area contributed by atoms with Crippen molar-refractivity contribution < 1.29 is 17.9 Å². The van der Waals surface area contributed by atoms with Crippen molar-refractivity contribution >= 4 is 15.9 Å². The maximum Gasteiger partial charge on any atom is 0.251 e. The van der Waals surface area contributed by atoms with Gasteiger partial charge in [0.05, 0.1) is 11.4 Å². The maximum atomic E-state index is 12.2. The summed E-state index contributed by atoms with van der Waals surface area (Å²) in [6.45, 7) is 4.48. The summed E-state index contributed by atoms with van der Waals surface area (Å²) in [6, 6.07) is 11.9. The average Bonchev–Trinajstić information content (AvgIpc) is 2.61. The van der Waals surface area contributed by atoms with Gasteiger partial charge in [-0.1, -0.05) is 17.7 Å². The van der Waals surface area contributed by atoms with Gasteiger partial charge in [-0.3, -0.25) is 4.79 Å². The van der Waals surface area contributed by atoms with Crippen LogP contribution in [0, 0.1) is 13.8 Å². The van der Waals surface area contributed by atoms with Crippen LogP contribution in [0.3, 0.4) is 0 Å². The minimum atomic E-state index is -3.45. The highest BCUT2D eigenvalue weighted by atomic mass is 32.2. The number of hydrogen-bond acceptors (Lipinski definition) is 4. The van der Waals surface area contributed by atoms with E-state index in [9.17, 15) is 13.2 Å². The molecule has 7 heteroatoms. The number of aryl methyl sites for hydroxylation is 2. The van der Waals surface area contributed by atoms with Gasteiger partial charge in [0.25, 0.3) is 5.91 Å². The summed E-state index contributed by atoms with van der Waals surface area (Å²) in [5.74, 6) is 0.408. The smallest absolute Gasteiger partial charge is 0.251 e. The Kier molecular flexibility index (Phi) is 6.39. The van der Waals surface area contributed by atoms with Gasteiger partial charge < -0.3 is 10.1 Å². The van der Waals surface area contributed by atoms with E-state index in [0.29, 0.717) is 17.9 Å². The quantitative estimate of drug-likeness (QED) is 0.753. The topological polar surface area (TPSA) is 75.7 Å². The van der Waals surface area contributed by atoms with Gasteiger partial charge in [0.1, 0.15) is 12.4 Å². The number of hydrogen-bond donors (Lipinski definition) is 1. The van der Waals surface area contributed by atoms with E-state index in [2.05, 4.69) is 5.32 Å². The lowest BCUT2D eigenvalue weighted by atomic mass is 10.1. The number of rotatable bonds is 7. The second-order valence-corrected chi connectivity index (χ2v) is 8.33. The molecule has 26 heavy (non-hydrogen) atoms. The number of sulfonamides is 1. The van der Waals surface area contributed by atoms with Gasteiger partial charge in [-0.25, -0.2) is 12.7 Å². The highest BCUT2D eigenvalue weighted by Gasteiger charge is 2.16. The van der Waals surface area contributed by atoms with Crippen LogP contribution in [0.5, 0.6) is 5.75 Å². The van der Waals surface area contributed by atoms with Gasteiger partial charge in [0.15, 0.2) is 0 Å². The SMILES string of the molecule is Cc1ccc(C)c(C(=O)NCCOc2ccc(S(=O)(=O)N(C)C)cc2)c1. The lowest BCUT2D eigenvalue weighted by molar-refractivity contribution is 0.0946. The van der Waals surface area contributed by atoms with Crippen LogP contribution >= 0.6 is 0 Å². The molecule has 0 atom stereocenters. The zero-order chi connectivity index (χ0) is 19.3. The maximum absolute atomic E-state index is 12.2. The van der Waals surface area contributed by atoms with Gasteiger partial charge in [-0.2, -0.15) is 0 Å². The summed E-state index contributed by atoms with van der Waals surface area (Å²) in [4.78, 5) is 12.4. The Morgan fingerprint density at radius 1 is 1.08 bits per heavy atom. The lowest BCUT2D eigenvalue weighted by Crippen LogP contribution is -2.28. The zero-order valence-corrected chi connectivity index (χ0v) is 16.3. The summed E-state index contributed by atoms with van der Waals surface area (Å²) in [5.41, 5.74) is 2.61. The highest BCUT2D eigenvalue weighted by Crippen LogP contribution is 2.18. The first-order valence-electron chi connectivity index (χ1n) is 8.22. The van der Waals surface area contributed by atoms with Crippen molar-refractivity contribution in [2.45, 2.75) is 18.7 Å². The van der Waals surface area contributed by atoms with Gasteiger partial charge in [-0.05, 0) is 49.7 Å². The number of ether oxygens (including phenoxy) is 1. The van der Waals surface area contributed by atoms with Crippen LogP contribution in [0.4, 0.5) is 0 Å². The number of carbonyl (C=O) groups excluding carboxylic acids is 1. The molecule has 0 saturated heterocycles. The largest absolute Gasteiger partial charge is 0.492 e. The molecule has 2 aromatic carbocycles. The van der Waals surface area contributed by atoms with E-state index in [1.165, 1.54) is 26.2 Å². The summed E-state index contributed by atoms with van der Waals surface area (Å²) in [6.07, 6.45) is 0. The molecule has 0 aliphatic heterocycles. The van der Waals surface area contributed by atoms with Crippen molar-refractivity contribution in [1.29, 1.82) is 0 Å². The Hall–Kier alpha value is -2.38. The highest BCUT2D eigenvalue weighted by molar-refractivity contribution is 7.89.